The van der Waals surface area contributed by atoms with Crippen molar-refractivity contribution in [2.75, 3.05) is 16.8 Å². The van der Waals surface area contributed by atoms with E-state index >= 15 is 0 Å². The van der Waals surface area contributed by atoms with Crippen molar-refractivity contribution in [2.24, 2.45) is 7.05 Å². The zero-order valence-corrected chi connectivity index (χ0v) is 12.8. The number of nitrogens with zero attached hydrogens (tertiary/aromatic N) is 3. The molecular formula is C12H20N4O3S. The van der Waals surface area contributed by atoms with E-state index in [-0.39, 0.29) is 22.6 Å². The summed E-state index contributed by atoms with van der Waals surface area (Å²) < 4.78 is 12.9. The van der Waals surface area contributed by atoms with Crippen LogP contribution in [0.4, 0.5) is 11.5 Å². The highest BCUT2D eigenvalue weighted by molar-refractivity contribution is 7.85. The quantitative estimate of drug-likeness (QED) is 0.676. The van der Waals surface area contributed by atoms with Crippen molar-refractivity contribution >= 4 is 22.3 Å². The predicted molar refractivity (Wildman–Crippen MR) is 78.5 cm³/mol. The maximum atomic E-state index is 11.4. The minimum atomic E-state index is -0.737. The first-order valence-electron chi connectivity index (χ1n) is 6.73. The van der Waals surface area contributed by atoms with Crippen LogP contribution in [0.2, 0.25) is 0 Å². The molecule has 1 aromatic rings. The molecule has 1 aromatic heterocycles. The first-order chi connectivity index (χ1) is 9.40. The summed E-state index contributed by atoms with van der Waals surface area (Å²) in [6, 6.07) is 0.127. The van der Waals surface area contributed by atoms with Gasteiger partial charge in [-0.1, -0.05) is 13.8 Å². The van der Waals surface area contributed by atoms with E-state index in [9.17, 15) is 14.3 Å². The van der Waals surface area contributed by atoms with Gasteiger partial charge in [0.1, 0.15) is 5.69 Å². The Morgan fingerprint density at radius 3 is 2.55 bits per heavy atom. The Bertz CT molecular complexity index is 531. The van der Waals surface area contributed by atoms with Crippen LogP contribution in [0.3, 0.4) is 0 Å². The van der Waals surface area contributed by atoms with E-state index in [0.717, 1.165) is 12.8 Å². The molecule has 1 aliphatic rings. The summed E-state index contributed by atoms with van der Waals surface area (Å²) in [6.07, 6.45) is 1.54. The average Bonchev–Trinajstić information content (AvgIpc) is 2.70. The number of hydrogen-bond acceptors (Lipinski definition) is 5. The lowest BCUT2D eigenvalue weighted by Crippen LogP contribution is -2.30. The molecule has 2 rings (SSSR count). The largest absolute Gasteiger partial charge is 0.362 e. The van der Waals surface area contributed by atoms with Gasteiger partial charge in [0.2, 0.25) is 5.82 Å². The number of nitrogens with one attached hydrogen (secondary N) is 1. The van der Waals surface area contributed by atoms with Gasteiger partial charge in [-0.15, -0.1) is 0 Å². The Hall–Kier alpha value is -1.44. The smallest absolute Gasteiger partial charge is 0.334 e. The molecule has 0 radical (unpaired) electrons. The highest BCUT2D eigenvalue weighted by Crippen LogP contribution is 2.33. The highest BCUT2D eigenvalue weighted by atomic mass is 32.2. The molecule has 0 spiro atoms. The molecule has 1 N–H and O–H groups in total. The number of aromatic nitrogens is 2. The minimum absolute atomic E-state index is 0.00369. The summed E-state index contributed by atoms with van der Waals surface area (Å²) in [6.45, 7) is 3.78. The van der Waals surface area contributed by atoms with E-state index in [0.29, 0.717) is 23.0 Å². The summed E-state index contributed by atoms with van der Waals surface area (Å²) >= 11 is 0. The van der Waals surface area contributed by atoms with Gasteiger partial charge in [0.15, 0.2) is 0 Å². The summed E-state index contributed by atoms with van der Waals surface area (Å²) in [5.74, 6) is 1.76. The summed E-state index contributed by atoms with van der Waals surface area (Å²) in [5.41, 5.74) is 0.564. The van der Waals surface area contributed by atoms with Gasteiger partial charge in [-0.05, 0) is 12.8 Å². The Labute approximate surface area is 120 Å². The van der Waals surface area contributed by atoms with Gasteiger partial charge in [-0.3, -0.25) is 14.3 Å². The molecule has 20 heavy (non-hydrogen) atoms. The third-order valence-corrected chi connectivity index (χ3v) is 4.89. The molecule has 112 valence electrons. The molecule has 0 bridgehead atoms. The molecule has 0 saturated carbocycles. The van der Waals surface area contributed by atoms with Crippen LogP contribution in [-0.4, -0.2) is 36.5 Å². The van der Waals surface area contributed by atoms with Gasteiger partial charge in [0.25, 0.3) is 0 Å². The summed E-state index contributed by atoms with van der Waals surface area (Å²) in [7, 11) is 0.974. The number of anilines is 1. The van der Waals surface area contributed by atoms with Gasteiger partial charge in [0, 0.05) is 41.3 Å². The van der Waals surface area contributed by atoms with Crippen molar-refractivity contribution in [3.8, 4) is 0 Å². The number of hydrogen-bond donors (Lipinski definition) is 1. The van der Waals surface area contributed by atoms with Crippen LogP contribution in [0.5, 0.6) is 0 Å². The van der Waals surface area contributed by atoms with E-state index in [4.69, 9.17) is 0 Å². The minimum Gasteiger partial charge on any atom is -0.362 e. The lowest BCUT2D eigenvalue weighted by molar-refractivity contribution is -0.384. The van der Waals surface area contributed by atoms with Gasteiger partial charge >= 0.3 is 5.69 Å². The fourth-order valence-corrected chi connectivity index (χ4v) is 3.69. The van der Waals surface area contributed by atoms with Crippen LogP contribution < -0.4 is 5.32 Å². The maximum Gasteiger partial charge on any atom is 0.334 e. The first kappa shape index (κ1) is 15.0. The average molecular weight is 300 g/mol. The van der Waals surface area contributed by atoms with Crippen LogP contribution in [0.25, 0.3) is 0 Å². The molecule has 0 unspecified atom stereocenters. The fourth-order valence-electron chi connectivity index (χ4n) is 2.40. The first-order valence-corrected chi connectivity index (χ1v) is 8.21. The van der Waals surface area contributed by atoms with Crippen molar-refractivity contribution in [2.45, 2.75) is 38.6 Å². The molecule has 1 fully saturated rings. The van der Waals surface area contributed by atoms with Crippen molar-refractivity contribution in [1.82, 2.24) is 9.78 Å². The van der Waals surface area contributed by atoms with Gasteiger partial charge < -0.3 is 5.32 Å². The van der Waals surface area contributed by atoms with E-state index < -0.39 is 10.8 Å². The Kier molecular flexibility index (Phi) is 4.42. The van der Waals surface area contributed by atoms with Crippen LogP contribution in [0.1, 0.15) is 38.3 Å². The van der Waals surface area contributed by atoms with Crippen molar-refractivity contribution in [3.63, 3.8) is 0 Å². The van der Waals surface area contributed by atoms with Crippen LogP contribution in [-0.2, 0) is 17.8 Å². The lowest BCUT2D eigenvalue weighted by atomic mass is 10.1. The topological polar surface area (TPSA) is 90.1 Å². The van der Waals surface area contributed by atoms with Crippen molar-refractivity contribution < 1.29 is 9.13 Å². The molecule has 0 aliphatic carbocycles. The number of rotatable bonds is 4. The van der Waals surface area contributed by atoms with Crippen molar-refractivity contribution in [1.29, 1.82) is 0 Å². The molecule has 2 heterocycles. The predicted octanol–water partition coefficient (Wildman–Crippen LogP) is 1.77. The van der Waals surface area contributed by atoms with Gasteiger partial charge in [0.05, 0.1) is 4.92 Å². The summed E-state index contributed by atoms with van der Waals surface area (Å²) in [4.78, 5) is 10.9. The second-order valence-electron chi connectivity index (χ2n) is 5.38. The molecule has 0 aromatic carbocycles. The maximum absolute atomic E-state index is 11.4. The SMILES string of the molecule is CC(C)c1nn(C)c(NC2CCS(=O)CC2)c1[N+](=O)[O-]. The summed E-state index contributed by atoms with van der Waals surface area (Å²) in [5, 5.41) is 18.8. The molecular weight excluding hydrogens is 280 g/mol. The van der Waals surface area contributed by atoms with Crippen molar-refractivity contribution in [3.05, 3.63) is 15.8 Å². The van der Waals surface area contributed by atoms with E-state index in [1.807, 2.05) is 13.8 Å². The second-order valence-corrected chi connectivity index (χ2v) is 7.08. The van der Waals surface area contributed by atoms with Crippen LogP contribution in [0, 0.1) is 10.1 Å². The van der Waals surface area contributed by atoms with Crippen LogP contribution >= 0.6 is 0 Å². The monoisotopic (exact) mass is 300 g/mol. The molecule has 8 heteroatoms. The van der Waals surface area contributed by atoms with E-state index in [2.05, 4.69) is 10.4 Å². The normalized spacial score (nSPS) is 23.0. The highest BCUT2D eigenvalue weighted by Gasteiger charge is 2.30. The third kappa shape index (κ3) is 3.00. The zero-order chi connectivity index (χ0) is 14.9. The molecule has 7 nitrogen and oxygen atoms in total. The Morgan fingerprint density at radius 1 is 1.45 bits per heavy atom. The standard InChI is InChI=1S/C12H20N4O3S/c1-8(2)10-11(16(17)18)12(15(3)14-10)13-9-4-6-20(19)7-5-9/h8-9,13H,4-7H2,1-3H3. The fraction of sp³-hybridized carbons (Fsp3) is 0.750. The van der Waals surface area contributed by atoms with Gasteiger partial charge in [-0.2, -0.15) is 5.10 Å². The lowest BCUT2D eigenvalue weighted by Gasteiger charge is -2.23. The zero-order valence-electron chi connectivity index (χ0n) is 12.0. The third-order valence-electron chi connectivity index (χ3n) is 3.51. The molecule has 0 amide bonds. The number of nitro groups is 1. The molecule has 1 aliphatic heterocycles. The van der Waals surface area contributed by atoms with Crippen LogP contribution in [0.15, 0.2) is 0 Å². The molecule has 1 saturated heterocycles. The van der Waals surface area contributed by atoms with E-state index in [1.165, 1.54) is 0 Å². The second kappa shape index (κ2) is 5.90. The van der Waals surface area contributed by atoms with Gasteiger partial charge in [-0.25, -0.2) is 4.68 Å². The van der Waals surface area contributed by atoms with E-state index in [1.54, 1.807) is 11.7 Å². The Balaban J connectivity index is 2.26. The number of aryl methyl sites for hydroxylation is 1. The Morgan fingerprint density at radius 2 is 2.05 bits per heavy atom. The molecule has 0 atom stereocenters.